The highest BCUT2D eigenvalue weighted by Gasteiger charge is 2.22. The van der Waals surface area contributed by atoms with Gasteiger partial charge in [0.05, 0.1) is 5.52 Å². The van der Waals surface area contributed by atoms with E-state index in [4.69, 9.17) is 9.47 Å². The highest BCUT2D eigenvalue weighted by atomic mass is 79.9. The summed E-state index contributed by atoms with van der Waals surface area (Å²) in [6, 6.07) is 17.9. The molecule has 0 saturated heterocycles. The number of nitrogens with one attached hydrogen (secondary N) is 3. The van der Waals surface area contributed by atoms with Gasteiger partial charge < -0.3 is 20.1 Å². The number of aromatic nitrogens is 1. The van der Waals surface area contributed by atoms with Crippen molar-refractivity contribution < 1.29 is 23.9 Å². The number of hydrogen-bond acceptors (Lipinski definition) is 5. The molecule has 37 heavy (non-hydrogen) atoms. The highest BCUT2D eigenvalue weighted by Crippen LogP contribution is 2.32. The molecule has 0 spiro atoms. The molecule has 0 unspecified atom stereocenters. The molecule has 188 valence electrons. The fraction of sp³-hybridized carbons (Fsp3) is 0.148. The Kier molecular flexibility index (Phi) is 6.58. The predicted octanol–water partition coefficient (Wildman–Crippen LogP) is 4.39. The Hall–Kier alpha value is -4.31. The van der Waals surface area contributed by atoms with Crippen LogP contribution in [0, 0.1) is 13.8 Å². The van der Waals surface area contributed by atoms with Gasteiger partial charge in [0.25, 0.3) is 5.91 Å². The number of carbonyl (C=O) groups is 3. The summed E-state index contributed by atoms with van der Waals surface area (Å²) in [6.07, 6.45) is 0. The van der Waals surface area contributed by atoms with Crippen molar-refractivity contribution in [2.75, 3.05) is 17.5 Å². The molecule has 0 bridgehead atoms. The first kappa shape index (κ1) is 24.4. The quantitative estimate of drug-likeness (QED) is 0.312. The highest BCUT2D eigenvalue weighted by molar-refractivity contribution is 9.10. The van der Waals surface area contributed by atoms with Crippen molar-refractivity contribution in [2.45, 2.75) is 20.4 Å². The summed E-state index contributed by atoms with van der Waals surface area (Å²) >= 11 is 3.43. The second kappa shape index (κ2) is 9.98. The molecular weight excluding hydrogens is 540 g/mol. The first-order valence-corrected chi connectivity index (χ1v) is 12.3. The van der Waals surface area contributed by atoms with E-state index in [1.54, 1.807) is 36.4 Å². The SMILES string of the molecule is Cc1cccc(NC(=O)c2cc3cc(Br)ccc3n2NC(=O)C(=O)NCc2ccc3c(c2)OCO3)c1C. The van der Waals surface area contributed by atoms with Crippen LogP contribution in [0.2, 0.25) is 0 Å². The standard InChI is InChI=1S/C27H23BrN4O5/c1-15-4-3-5-20(16(15)2)30-25(33)22-12-18-11-19(28)7-8-21(18)32(22)31-27(35)26(34)29-13-17-6-9-23-24(10-17)37-14-36-23/h3-12H,13-14H2,1-2H3,(H,29,34)(H,30,33)(H,31,35). The van der Waals surface area contributed by atoms with Gasteiger partial charge in [-0.3, -0.25) is 19.8 Å². The average Bonchev–Trinajstić information content (AvgIpc) is 3.49. The summed E-state index contributed by atoms with van der Waals surface area (Å²) in [5.41, 5.74) is 6.69. The van der Waals surface area contributed by atoms with E-state index in [1.165, 1.54) is 4.68 Å². The molecule has 3 aromatic carbocycles. The molecular formula is C27H23BrN4O5. The molecule has 0 fully saturated rings. The molecule has 5 rings (SSSR count). The molecule has 10 heteroatoms. The molecule has 4 aromatic rings. The Morgan fingerprint density at radius 2 is 1.76 bits per heavy atom. The maximum atomic E-state index is 13.3. The van der Waals surface area contributed by atoms with Crippen molar-refractivity contribution in [1.29, 1.82) is 0 Å². The minimum Gasteiger partial charge on any atom is -0.454 e. The lowest BCUT2D eigenvalue weighted by Gasteiger charge is -2.14. The molecule has 3 amide bonds. The van der Waals surface area contributed by atoms with Gasteiger partial charge in [0.2, 0.25) is 6.79 Å². The number of halogens is 1. The number of benzene rings is 3. The van der Waals surface area contributed by atoms with E-state index in [9.17, 15) is 14.4 Å². The van der Waals surface area contributed by atoms with Gasteiger partial charge >= 0.3 is 11.8 Å². The van der Waals surface area contributed by atoms with Crippen LogP contribution in [0.1, 0.15) is 27.2 Å². The third-order valence-corrected chi connectivity index (χ3v) is 6.65. The van der Waals surface area contributed by atoms with Crippen molar-refractivity contribution in [2.24, 2.45) is 0 Å². The van der Waals surface area contributed by atoms with Crippen molar-refractivity contribution in [1.82, 2.24) is 9.99 Å². The van der Waals surface area contributed by atoms with E-state index in [-0.39, 0.29) is 19.0 Å². The Morgan fingerprint density at radius 1 is 0.946 bits per heavy atom. The molecule has 9 nitrogen and oxygen atoms in total. The van der Waals surface area contributed by atoms with Crippen molar-refractivity contribution >= 4 is 50.2 Å². The van der Waals surface area contributed by atoms with Crippen LogP contribution < -0.4 is 25.5 Å². The fourth-order valence-corrected chi connectivity index (χ4v) is 4.39. The zero-order chi connectivity index (χ0) is 26.1. The van der Waals surface area contributed by atoms with Crippen molar-refractivity contribution in [3.05, 3.63) is 87.5 Å². The van der Waals surface area contributed by atoms with Crippen molar-refractivity contribution in [3.63, 3.8) is 0 Å². The fourth-order valence-electron chi connectivity index (χ4n) is 4.01. The van der Waals surface area contributed by atoms with E-state index in [0.717, 1.165) is 21.2 Å². The number of anilines is 1. The zero-order valence-electron chi connectivity index (χ0n) is 20.1. The second-order valence-electron chi connectivity index (χ2n) is 8.58. The molecule has 1 aliphatic rings. The average molecular weight is 563 g/mol. The van der Waals surface area contributed by atoms with Gasteiger partial charge in [0, 0.05) is 22.1 Å². The Morgan fingerprint density at radius 3 is 2.59 bits per heavy atom. The van der Waals surface area contributed by atoms with E-state index < -0.39 is 17.7 Å². The lowest BCUT2D eigenvalue weighted by atomic mass is 10.1. The number of nitrogens with zero attached hydrogens (tertiary/aromatic N) is 1. The Labute approximate surface area is 220 Å². The third kappa shape index (κ3) is 5.01. The predicted molar refractivity (Wildman–Crippen MR) is 142 cm³/mol. The van der Waals surface area contributed by atoms with Crippen LogP contribution in [0.4, 0.5) is 5.69 Å². The van der Waals surface area contributed by atoms with E-state index in [2.05, 4.69) is 32.0 Å². The Balaban J connectivity index is 1.36. The van der Waals surface area contributed by atoms with Gasteiger partial charge in [-0.05, 0) is 73.0 Å². The number of aryl methyl sites for hydroxylation is 1. The summed E-state index contributed by atoms with van der Waals surface area (Å²) in [5.74, 6) is -0.979. The van der Waals surface area contributed by atoms with Gasteiger partial charge in [-0.2, -0.15) is 0 Å². The Bertz CT molecular complexity index is 1560. The van der Waals surface area contributed by atoms with Gasteiger partial charge in [-0.1, -0.05) is 34.1 Å². The molecule has 0 aliphatic carbocycles. The van der Waals surface area contributed by atoms with Crippen LogP contribution in [0.3, 0.4) is 0 Å². The zero-order valence-corrected chi connectivity index (χ0v) is 21.6. The number of rotatable bonds is 5. The van der Waals surface area contributed by atoms with Crippen LogP contribution in [0.25, 0.3) is 10.9 Å². The molecule has 0 atom stereocenters. The molecule has 1 aliphatic heterocycles. The number of fused-ring (bicyclic) bond motifs is 2. The topological polar surface area (TPSA) is 111 Å². The first-order chi connectivity index (χ1) is 17.8. The van der Waals surface area contributed by atoms with Crippen LogP contribution in [-0.4, -0.2) is 29.2 Å². The first-order valence-electron chi connectivity index (χ1n) is 11.5. The van der Waals surface area contributed by atoms with Crippen LogP contribution >= 0.6 is 15.9 Å². The number of amides is 3. The third-order valence-electron chi connectivity index (χ3n) is 6.16. The largest absolute Gasteiger partial charge is 0.454 e. The molecule has 3 N–H and O–H groups in total. The normalized spacial score (nSPS) is 11.9. The summed E-state index contributed by atoms with van der Waals surface area (Å²) in [4.78, 5) is 38.7. The second-order valence-corrected chi connectivity index (χ2v) is 9.50. The lowest BCUT2D eigenvalue weighted by Crippen LogP contribution is -2.39. The van der Waals surface area contributed by atoms with E-state index in [0.29, 0.717) is 28.1 Å². The minimum atomic E-state index is -0.915. The summed E-state index contributed by atoms with van der Waals surface area (Å²) < 4.78 is 12.8. The summed E-state index contributed by atoms with van der Waals surface area (Å²) in [5, 5.41) is 6.21. The maximum absolute atomic E-state index is 13.3. The summed E-state index contributed by atoms with van der Waals surface area (Å²) in [6.45, 7) is 4.14. The monoisotopic (exact) mass is 562 g/mol. The smallest absolute Gasteiger partial charge is 0.328 e. The van der Waals surface area contributed by atoms with E-state index in [1.807, 2.05) is 38.1 Å². The van der Waals surface area contributed by atoms with E-state index >= 15 is 0 Å². The number of hydrogen-bond donors (Lipinski definition) is 3. The van der Waals surface area contributed by atoms with Crippen LogP contribution in [0.15, 0.2) is 65.1 Å². The molecule has 1 aromatic heterocycles. The number of carbonyl (C=O) groups excluding carboxylic acids is 3. The van der Waals surface area contributed by atoms with Gasteiger partial charge in [-0.25, -0.2) is 4.68 Å². The summed E-state index contributed by atoms with van der Waals surface area (Å²) in [7, 11) is 0. The van der Waals surface area contributed by atoms with Crippen LogP contribution in [0.5, 0.6) is 11.5 Å². The molecule has 0 saturated carbocycles. The minimum absolute atomic E-state index is 0.113. The maximum Gasteiger partial charge on any atom is 0.328 e. The lowest BCUT2D eigenvalue weighted by molar-refractivity contribution is -0.136. The molecule has 0 radical (unpaired) electrons. The van der Waals surface area contributed by atoms with Gasteiger partial charge in [-0.15, -0.1) is 0 Å². The van der Waals surface area contributed by atoms with Gasteiger partial charge in [0.15, 0.2) is 11.5 Å². The van der Waals surface area contributed by atoms with Crippen LogP contribution in [-0.2, 0) is 16.1 Å². The van der Waals surface area contributed by atoms with Gasteiger partial charge in [0.1, 0.15) is 5.69 Å². The number of ether oxygens (including phenoxy) is 2. The van der Waals surface area contributed by atoms with Crippen molar-refractivity contribution in [3.8, 4) is 11.5 Å². The molecule has 2 heterocycles.